The normalized spacial score (nSPS) is 13.3. The van der Waals surface area contributed by atoms with Gasteiger partial charge in [0.2, 0.25) is 0 Å². The van der Waals surface area contributed by atoms with E-state index in [-0.39, 0.29) is 11.3 Å². The van der Waals surface area contributed by atoms with Crippen LogP contribution in [0, 0.1) is 5.82 Å². The van der Waals surface area contributed by atoms with Crippen molar-refractivity contribution in [1.29, 1.82) is 0 Å². The van der Waals surface area contributed by atoms with Crippen LogP contribution in [-0.2, 0) is 6.18 Å². The maximum Gasteiger partial charge on any atom is 0.417 e. The van der Waals surface area contributed by atoms with Gasteiger partial charge in [0, 0.05) is 16.2 Å². The van der Waals surface area contributed by atoms with Crippen LogP contribution in [0.25, 0.3) is 0 Å². The summed E-state index contributed by atoms with van der Waals surface area (Å²) in [5.41, 5.74) is 5.29. The first kappa shape index (κ1) is 14.9. The molecule has 0 aliphatic heterocycles. The molecule has 2 rings (SSSR count). The molecule has 1 atom stereocenters. The molecule has 1 aromatic heterocycles. The van der Waals surface area contributed by atoms with E-state index in [0.29, 0.717) is 10.7 Å². The Morgan fingerprint density at radius 2 is 1.85 bits per heavy atom. The molecule has 0 aliphatic carbocycles. The van der Waals surface area contributed by atoms with E-state index in [4.69, 9.17) is 5.73 Å². The van der Waals surface area contributed by atoms with Crippen molar-refractivity contribution >= 4 is 15.9 Å². The number of aromatic nitrogens is 1. The Morgan fingerprint density at radius 3 is 2.40 bits per heavy atom. The van der Waals surface area contributed by atoms with Crippen molar-refractivity contribution in [2.24, 2.45) is 5.73 Å². The van der Waals surface area contributed by atoms with Gasteiger partial charge in [0.25, 0.3) is 0 Å². The van der Waals surface area contributed by atoms with E-state index in [2.05, 4.69) is 20.9 Å². The zero-order valence-corrected chi connectivity index (χ0v) is 11.5. The number of pyridine rings is 1. The molecule has 0 radical (unpaired) electrons. The van der Waals surface area contributed by atoms with Crippen LogP contribution in [0.4, 0.5) is 17.6 Å². The van der Waals surface area contributed by atoms with Gasteiger partial charge in [-0.1, -0.05) is 15.9 Å². The van der Waals surface area contributed by atoms with E-state index in [1.165, 1.54) is 18.2 Å². The Balaban J connectivity index is 2.34. The Morgan fingerprint density at radius 1 is 1.15 bits per heavy atom. The lowest BCUT2D eigenvalue weighted by Gasteiger charge is -2.14. The average molecular weight is 349 g/mol. The SMILES string of the molecule is NC(c1ccc(C(F)(F)F)cn1)c1cc(Br)ccc1F. The number of nitrogens with two attached hydrogens (primary N) is 1. The van der Waals surface area contributed by atoms with Crippen LogP contribution in [0.1, 0.15) is 22.9 Å². The first-order valence-corrected chi connectivity index (χ1v) is 6.32. The molecule has 0 saturated carbocycles. The van der Waals surface area contributed by atoms with Gasteiger partial charge in [-0.3, -0.25) is 4.98 Å². The highest BCUT2D eigenvalue weighted by Crippen LogP contribution is 2.30. The van der Waals surface area contributed by atoms with Gasteiger partial charge in [0.05, 0.1) is 17.3 Å². The monoisotopic (exact) mass is 348 g/mol. The number of nitrogens with zero attached hydrogens (tertiary/aromatic N) is 1. The number of benzene rings is 1. The van der Waals surface area contributed by atoms with E-state index in [0.717, 1.165) is 12.1 Å². The van der Waals surface area contributed by atoms with Gasteiger partial charge in [-0.15, -0.1) is 0 Å². The standard InChI is InChI=1S/C13H9BrF4N2/c14-8-2-3-10(15)9(5-8)12(19)11-4-1-7(6-20-11)13(16,17)18/h1-6,12H,19H2. The summed E-state index contributed by atoms with van der Waals surface area (Å²) in [5, 5.41) is 0. The fourth-order valence-electron chi connectivity index (χ4n) is 1.67. The molecule has 20 heavy (non-hydrogen) atoms. The number of hydrogen-bond acceptors (Lipinski definition) is 2. The molecule has 1 heterocycles. The largest absolute Gasteiger partial charge is 0.417 e. The molecule has 2 nitrogen and oxygen atoms in total. The minimum atomic E-state index is -4.46. The molecule has 0 spiro atoms. The van der Waals surface area contributed by atoms with Crippen molar-refractivity contribution in [3.05, 3.63) is 63.6 Å². The van der Waals surface area contributed by atoms with Crippen molar-refractivity contribution in [2.45, 2.75) is 12.2 Å². The van der Waals surface area contributed by atoms with Crippen molar-refractivity contribution < 1.29 is 17.6 Å². The lowest BCUT2D eigenvalue weighted by molar-refractivity contribution is -0.137. The number of rotatable bonds is 2. The third-order valence-electron chi connectivity index (χ3n) is 2.73. The van der Waals surface area contributed by atoms with Crippen LogP contribution in [0.2, 0.25) is 0 Å². The summed E-state index contributed by atoms with van der Waals surface area (Å²) < 4.78 is 51.6. The first-order valence-electron chi connectivity index (χ1n) is 5.52. The van der Waals surface area contributed by atoms with E-state index in [1.54, 1.807) is 0 Å². The van der Waals surface area contributed by atoms with Crippen molar-refractivity contribution in [2.75, 3.05) is 0 Å². The fourth-order valence-corrected chi connectivity index (χ4v) is 2.05. The lowest BCUT2D eigenvalue weighted by atomic mass is 10.0. The summed E-state index contributed by atoms with van der Waals surface area (Å²) in [6.07, 6.45) is -3.78. The fraction of sp³-hybridized carbons (Fsp3) is 0.154. The molecule has 1 aromatic carbocycles. The van der Waals surface area contributed by atoms with Gasteiger partial charge in [-0.2, -0.15) is 13.2 Å². The van der Waals surface area contributed by atoms with Crippen LogP contribution in [0.5, 0.6) is 0 Å². The Labute approximate surface area is 120 Å². The molecule has 0 aliphatic rings. The topological polar surface area (TPSA) is 38.9 Å². The van der Waals surface area contributed by atoms with Gasteiger partial charge in [-0.25, -0.2) is 4.39 Å². The van der Waals surface area contributed by atoms with Gasteiger partial charge in [0.1, 0.15) is 5.82 Å². The zero-order chi connectivity index (χ0) is 14.9. The maximum atomic E-state index is 13.7. The quantitative estimate of drug-likeness (QED) is 0.831. The van der Waals surface area contributed by atoms with E-state index >= 15 is 0 Å². The minimum Gasteiger partial charge on any atom is -0.319 e. The molecule has 0 amide bonds. The molecule has 0 saturated heterocycles. The molecule has 0 fully saturated rings. The third kappa shape index (κ3) is 3.16. The Kier molecular flexibility index (Phi) is 4.10. The van der Waals surface area contributed by atoms with Gasteiger partial charge >= 0.3 is 6.18 Å². The van der Waals surface area contributed by atoms with Gasteiger partial charge in [-0.05, 0) is 30.3 Å². The van der Waals surface area contributed by atoms with Crippen molar-refractivity contribution in [3.63, 3.8) is 0 Å². The molecule has 106 valence electrons. The van der Waals surface area contributed by atoms with E-state index < -0.39 is 23.6 Å². The second kappa shape index (κ2) is 5.49. The second-order valence-corrected chi connectivity index (χ2v) is 5.03. The summed E-state index contributed by atoms with van der Waals surface area (Å²) in [6, 6.07) is 5.29. The lowest BCUT2D eigenvalue weighted by Crippen LogP contribution is -2.16. The summed E-state index contributed by atoms with van der Waals surface area (Å²) in [6.45, 7) is 0. The van der Waals surface area contributed by atoms with Crippen LogP contribution >= 0.6 is 15.9 Å². The first-order chi connectivity index (χ1) is 9.29. The molecule has 2 N–H and O–H groups in total. The smallest absolute Gasteiger partial charge is 0.319 e. The van der Waals surface area contributed by atoms with Crippen molar-refractivity contribution in [1.82, 2.24) is 4.98 Å². The number of hydrogen-bond donors (Lipinski definition) is 1. The Hall–Kier alpha value is -1.47. The molecular formula is C13H9BrF4N2. The number of halogens is 5. The van der Waals surface area contributed by atoms with Crippen LogP contribution in [-0.4, -0.2) is 4.98 Å². The number of alkyl halides is 3. The summed E-state index contributed by atoms with van der Waals surface area (Å²) >= 11 is 3.18. The van der Waals surface area contributed by atoms with Crippen molar-refractivity contribution in [3.8, 4) is 0 Å². The molecule has 1 unspecified atom stereocenters. The molecular weight excluding hydrogens is 340 g/mol. The highest BCUT2D eigenvalue weighted by molar-refractivity contribution is 9.10. The molecule has 7 heteroatoms. The predicted octanol–water partition coefficient (Wildman–Crippen LogP) is 4.05. The zero-order valence-electron chi connectivity index (χ0n) is 9.96. The van der Waals surface area contributed by atoms with E-state index in [9.17, 15) is 17.6 Å². The Bertz CT molecular complexity index is 611. The third-order valence-corrected chi connectivity index (χ3v) is 3.22. The second-order valence-electron chi connectivity index (χ2n) is 4.11. The summed E-state index contributed by atoms with van der Waals surface area (Å²) in [4.78, 5) is 3.67. The minimum absolute atomic E-state index is 0.159. The van der Waals surface area contributed by atoms with Gasteiger partial charge in [0.15, 0.2) is 0 Å². The predicted molar refractivity (Wildman–Crippen MR) is 69.4 cm³/mol. The summed E-state index contributed by atoms with van der Waals surface area (Å²) in [7, 11) is 0. The van der Waals surface area contributed by atoms with Crippen LogP contribution in [0.15, 0.2) is 41.0 Å². The average Bonchev–Trinajstić information content (AvgIpc) is 2.40. The van der Waals surface area contributed by atoms with E-state index in [1.807, 2.05) is 0 Å². The molecule has 0 bridgehead atoms. The highest BCUT2D eigenvalue weighted by Gasteiger charge is 2.31. The highest BCUT2D eigenvalue weighted by atomic mass is 79.9. The van der Waals surface area contributed by atoms with Crippen LogP contribution in [0.3, 0.4) is 0 Å². The van der Waals surface area contributed by atoms with Crippen LogP contribution < -0.4 is 5.73 Å². The summed E-state index contributed by atoms with van der Waals surface area (Å²) in [5.74, 6) is -0.539. The molecule has 2 aromatic rings. The van der Waals surface area contributed by atoms with Gasteiger partial charge < -0.3 is 5.73 Å². The maximum absolute atomic E-state index is 13.7.